The Bertz CT molecular complexity index is 586. The first kappa shape index (κ1) is 15.0. The molecule has 4 heteroatoms. The lowest BCUT2D eigenvalue weighted by Crippen LogP contribution is -2.30. The summed E-state index contributed by atoms with van der Waals surface area (Å²) in [6.07, 6.45) is 0.776. The second kappa shape index (κ2) is 6.88. The van der Waals surface area contributed by atoms with Gasteiger partial charge in [0.15, 0.2) is 0 Å². The van der Waals surface area contributed by atoms with Gasteiger partial charge in [0.2, 0.25) is 0 Å². The van der Waals surface area contributed by atoms with Crippen LogP contribution in [0.25, 0.3) is 0 Å². The van der Waals surface area contributed by atoms with Gasteiger partial charge in [-0.25, -0.2) is 0 Å². The number of methoxy groups -OCH3 is 1. The van der Waals surface area contributed by atoms with Gasteiger partial charge in [-0.05, 0) is 48.2 Å². The number of nitrogens with two attached hydrogens (primary N) is 1. The van der Waals surface area contributed by atoms with Crippen molar-refractivity contribution < 1.29 is 4.74 Å². The Balaban J connectivity index is 2.31. The second-order valence-electron chi connectivity index (χ2n) is 4.74. The summed E-state index contributed by atoms with van der Waals surface area (Å²) in [5, 5.41) is 0. The zero-order valence-corrected chi connectivity index (χ0v) is 13.3. The number of nitrogens with one attached hydrogen (secondary N) is 1. The highest BCUT2D eigenvalue weighted by atomic mass is 79.9. The van der Waals surface area contributed by atoms with E-state index >= 15 is 0 Å². The lowest BCUT2D eigenvalue weighted by Gasteiger charge is -2.20. The van der Waals surface area contributed by atoms with Crippen LogP contribution in [0.2, 0.25) is 0 Å². The van der Waals surface area contributed by atoms with Crippen molar-refractivity contribution in [2.24, 2.45) is 5.84 Å². The first-order chi connectivity index (χ1) is 9.65. The minimum absolute atomic E-state index is 0.0452. The molecule has 2 rings (SSSR count). The fourth-order valence-corrected chi connectivity index (χ4v) is 2.72. The molecule has 0 amide bonds. The zero-order chi connectivity index (χ0) is 14.5. The van der Waals surface area contributed by atoms with Crippen molar-refractivity contribution in [3.05, 3.63) is 63.6 Å². The number of hydrogen-bond acceptors (Lipinski definition) is 3. The first-order valence-corrected chi connectivity index (χ1v) is 7.29. The summed E-state index contributed by atoms with van der Waals surface area (Å²) < 4.78 is 6.46. The van der Waals surface area contributed by atoms with Gasteiger partial charge in [-0.2, -0.15) is 0 Å². The molecule has 0 aliphatic heterocycles. The molecular formula is C16H19BrN2O. The molecule has 0 bridgehead atoms. The van der Waals surface area contributed by atoms with Crippen LogP contribution in [0.4, 0.5) is 0 Å². The number of benzene rings is 2. The number of rotatable bonds is 5. The van der Waals surface area contributed by atoms with Crippen molar-refractivity contribution in [1.82, 2.24) is 5.43 Å². The van der Waals surface area contributed by atoms with Crippen molar-refractivity contribution in [2.75, 3.05) is 7.11 Å². The summed E-state index contributed by atoms with van der Waals surface area (Å²) in [6, 6.07) is 14.3. The third-order valence-corrected chi connectivity index (χ3v) is 3.93. The SMILES string of the molecule is COc1ccccc1CC(NN)c1cc(Br)ccc1C. The maximum atomic E-state index is 5.76. The average molecular weight is 335 g/mol. The Morgan fingerprint density at radius 3 is 2.70 bits per heavy atom. The van der Waals surface area contributed by atoms with E-state index in [1.54, 1.807) is 7.11 Å². The highest BCUT2D eigenvalue weighted by Gasteiger charge is 2.15. The van der Waals surface area contributed by atoms with E-state index in [9.17, 15) is 0 Å². The number of para-hydroxylation sites is 1. The van der Waals surface area contributed by atoms with E-state index in [1.807, 2.05) is 24.3 Å². The van der Waals surface area contributed by atoms with Crippen LogP contribution in [0.5, 0.6) is 5.75 Å². The van der Waals surface area contributed by atoms with E-state index in [0.717, 1.165) is 22.2 Å². The number of hydrogen-bond donors (Lipinski definition) is 2. The van der Waals surface area contributed by atoms with Crippen LogP contribution in [0.3, 0.4) is 0 Å². The Kier molecular flexibility index (Phi) is 5.17. The molecule has 0 aliphatic carbocycles. The number of aryl methyl sites for hydroxylation is 1. The van der Waals surface area contributed by atoms with Gasteiger partial charge in [0.1, 0.15) is 5.75 Å². The van der Waals surface area contributed by atoms with Crippen LogP contribution < -0.4 is 16.0 Å². The van der Waals surface area contributed by atoms with Crippen LogP contribution in [0, 0.1) is 6.92 Å². The van der Waals surface area contributed by atoms with E-state index in [1.165, 1.54) is 11.1 Å². The summed E-state index contributed by atoms with van der Waals surface area (Å²) in [5.41, 5.74) is 6.45. The van der Waals surface area contributed by atoms with E-state index in [2.05, 4.69) is 46.5 Å². The minimum atomic E-state index is 0.0452. The minimum Gasteiger partial charge on any atom is -0.496 e. The Morgan fingerprint density at radius 1 is 1.25 bits per heavy atom. The number of hydrazine groups is 1. The van der Waals surface area contributed by atoms with Gasteiger partial charge in [0, 0.05) is 4.47 Å². The van der Waals surface area contributed by atoms with E-state index in [0.29, 0.717) is 0 Å². The normalized spacial score (nSPS) is 12.2. The number of ether oxygens (including phenoxy) is 1. The smallest absolute Gasteiger partial charge is 0.122 e. The summed E-state index contributed by atoms with van der Waals surface area (Å²) in [4.78, 5) is 0. The second-order valence-corrected chi connectivity index (χ2v) is 5.65. The van der Waals surface area contributed by atoms with Gasteiger partial charge in [-0.1, -0.05) is 40.2 Å². The number of halogens is 1. The quantitative estimate of drug-likeness (QED) is 0.649. The highest BCUT2D eigenvalue weighted by molar-refractivity contribution is 9.10. The van der Waals surface area contributed by atoms with Gasteiger partial charge in [0.25, 0.3) is 0 Å². The first-order valence-electron chi connectivity index (χ1n) is 6.49. The molecule has 0 aliphatic rings. The van der Waals surface area contributed by atoms with Crippen molar-refractivity contribution in [3.8, 4) is 5.75 Å². The van der Waals surface area contributed by atoms with Gasteiger partial charge in [-0.15, -0.1) is 0 Å². The van der Waals surface area contributed by atoms with Crippen molar-refractivity contribution in [1.29, 1.82) is 0 Å². The maximum absolute atomic E-state index is 5.76. The van der Waals surface area contributed by atoms with Crippen LogP contribution in [0.1, 0.15) is 22.7 Å². The van der Waals surface area contributed by atoms with Gasteiger partial charge >= 0.3 is 0 Å². The van der Waals surface area contributed by atoms with E-state index in [-0.39, 0.29) is 6.04 Å². The Morgan fingerprint density at radius 2 is 2.00 bits per heavy atom. The Hall–Kier alpha value is -1.36. The molecule has 0 radical (unpaired) electrons. The monoisotopic (exact) mass is 334 g/mol. The molecule has 3 nitrogen and oxygen atoms in total. The molecule has 1 unspecified atom stereocenters. The molecule has 3 N–H and O–H groups in total. The van der Waals surface area contributed by atoms with Crippen LogP contribution in [-0.2, 0) is 6.42 Å². The molecule has 0 saturated heterocycles. The molecule has 2 aromatic carbocycles. The molecular weight excluding hydrogens is 316 g/mol. The average Bonchev–Trinajstić information content (AvgIpc) is 2.48. The molecule has 106 valence electrons. The van der Waals surface area contributed by atoms with Gasteiger partial charge < -0.3 is 4.74 Å². The molecule has 0 spiro atoms. The molecule has 0 saturated carbocycles. The highest BCUT2D eigenvalue weighted by Crippen LogP contribution is 2.28. The van der Waals surface area contributed by atoms with Crippen LogP contribution >= 0.6 is 15.9 Å². The predicted octanol–water partition coefficient (Wildman–Crippen LogP) is 3.51. The Labute approximate surface area is 128 Å². The van der Waals surface area contributed by atoms with Crippen molar-refractivity contribution in [3.63, 3.8) is 0 Å². The summed E-state index contributed by atoms with van der Waals surface area (Å²) in [5.74, 6) is 6.65. The van der Waals surface area contributed by atoms with Crippen LogP contribution in [-0.4, -0.2) is 7.11 Å². The van der Waals surface area contributed by atoms with Crippen molar-refractivity contribution in [2.45, 2.75) is 19.4 Å². The molecule has 2 aromatic rings. The summed E-state index contributed by atoms with van der Waals surface area (Å²) in [7, 11) is 1.69. The lowest BCUT2D eigenvalue weighted by molar-refractivity contribution is 0.405. The van der Waals surface area contributed by atoms with E-state index in [4.69, 9.17) is 10.6 Å². The summed E-state index contributed by atoms with van der Waals surface area (Å²) in [6.45, 7) is 2.09. The zero-order valence-electron chi connectivity index (χ0n) is 11.7. The fraction of sp³-hybridized carbons (Fsp3) is 0.250. The molecule has 0 fully saturated rings. The summed E-state index contributed by atoms with van der Waals surface area (Å²) >= 11 is 3.51. The van der Waals surface area contributed by atoms with E-state index < -0.39 is 0 Å². The standard InChI is InChI=1S/C16H19BrN2O/c1-11-7-8-13(17)10-14(11)15(19-18)9-12-5-3-4-6-16(12)20-2/h3-8,10,15,19H,9,18H2,1-2H3. The van der Waals surface area contributed by atoms with Gasteiger partial charge in [-0.3, -0.25) is 11.3 Å². The third kappa shape index (κ3) is 3.39. The van der Waals surface area contributed by atoms with Gasteiger partial charge in [0.05, 0.1) is 13.2 Å². The fourth-order valence-electron chi connectivity index (χ4n) is 2.34. The molecule has 0 heterocycles. The largest absolute Gasteiger partial charge is 0.496 e. The predicted molar refractivity (Wildman–Crippen MR) is 85.6 cm³/mol. The molecule has 20 heavy (non-hydrogen) atoms. The topological polar surface area (TPSA) is 47.3 Å². The van der Waals surface area contributed by atoms with Crippen molar-refractivity contribution >= 4 is 15.9 Å². The maximum Gasteiger partial charge on any atom is 0.122 e. The lowest BCUT2D eigenvalue weighted by atomic mass is 9.95. The third-order valence-electron chi connectivity index (χ3n) is 3.43. The van der Waals surface area contributed by atoms with Crippen LogP contribution in [0.15, 0.2) is 46.9 Å². The molecule has 0 aromatic heterocycles. The molecule has 1 atom stereocenters.